The first kappa shape index (κ1) is 17.2. The van der Waals surface area contributed by atoms with Gasteiger partial charge in [0.1, 0.15) is 10.8 Å². The van der Waals surface area contributed by atoms with E-state index in [4.69, 9.17) is 5.73 Å². The van der Waals surface area contributed by atoms with Crippen molar-refractivity contribution >= 4 is 38.0 Å². The van der Waals surface area contributed by atoms with E-state index in [2.05, 4.69) is 16.9 Å². The molecule has 0 spiro atoms. The van der Waals surface area contributed by atoms with Crippen molar-refractivity contribution in [2.45, 2.75) is 17.9 Å². The van der Waals surface area contributed by atoms with E-state index in [1.54, 1.807) is 6.92 Å². The predicted octanol–water partition coefficient (Wildman–Crippen LogP) is 0.505. The van der Waals surface area contributed by atoms with Gasteiger partial charge in [0, 0.05) is 28.9 Å². The fourth-order valence-corrected chi connectivity index (χ4v) is 4.32. The molecule has 9 heteroatoms. The second-order valence-corrected chi connectivity index (χ2v) is 7.84. The van der Waals surface area contributed by atoms with Gasteiger partial charge in [-0.2, -0.15) is 0 Å². The predicted molar refractivity (Wildman–Crippen MR) is 81.0 cm³/mol. The van der Waals surface area contributed by atoms with Crippen LogP contribution in [0.5, 0.6) is 0 Å². The van der Waals surface area contributed by atoms with Crippen LogP contribution in [0.4, 0.5) is 4.39 Å². The van der Waals surface area contributed by atoms with Crippen LogP contribution in [0.1, 0.15) is 12.5 Å². The number of hydrogen-bond donors (Lipinski definition) is 2. The van der Waals surface area contributed by atoms with Crippen molar-refractivity contribution in [2.75, 3.05) is 12.0 Å². The van der Waals surface area contributed by atoms with Crippen molar-refractivity contribution in [3.63, 3.8) is 0 Å². The summed E-state index contributed by atoms with van der Waals surface area (Å²) in [4.78, 5) is -0.658. The van der Waals surface area contributed by atoms with Gasteiger partial charge in [-0.25, -0.2) is 17.5 Å². The molecule has 0 aliphatic heterocycles. The molecule has 112 valence electrons. The van der Waals surface area contributed by atoms with Crippen molar-refractivity contribution in [1.29, 1.82) is 0 Å². The molecule has 2 unspecified atom stereocenters. The van der Waals surface area contributed by atoms with Gasteiger partial charge in [0.05, 0.1) is 10.5 Å². The summed E-state index contributed by atoms with van der Waals surface area (Å²) in [7, 11) is -5.15. The molecule has 0 radical (unpaired) electrons. The lowest BCUT2D eigenvalue weighted by atomic mass is 10.2. The summed E-state index contributed by atoms with van der Waals surface area (Å²) >= 11 is 4.69. The second kappa shape index (κ2) is 6.70. The minimum Gasteiger partial charge on any atom is -0.389 e. The van der Waals surface area contributed by atoms with Gasteiger partial charge in [0.25, 0.3) is 0 Å². The second-order valence-electron chi connectivity index (χ2n) is 4.24. The summed E-state index contributed by atoms with van der Waals surface area (Å²) in [5, 5.41) is 0. The maximum atomic E-state index is 13.7. The Labute approximate surface area is 125 Å². The molecular weight excluding hydrogens is 323 g/mol. The summed E-state index contributed by atoms with van der Waals surface area (Å²) in [6.45, 7) is 1.57. The summed E-state index contributed by atoms with van der Waals surface area (Å²) in [6, 6.07) is 3.00. The summed E-state index contributed by atoms with van der Waals surface area (Å²) in [6.07, 6.45) is 1.47. The molecule has 0 saturated carbocycles. The zero-order valence-electron chi connectivity index (χ0n) is 10.9. The molecule has 0 amide bonds. The first-order valence-electron chi connectivity index (χ1n) is 5.56. The molecule has 20 heavy (non-hydrogen) atoms. The van der Waals surface area contributed by atoms with E-state index in [-0.39, 0.29) is 21.2 Å². The molecule has 1 aromatic rings. The topological polar surface area (TPSA) is 89.3 Å². The quantitative estimate of drug-likeness (QED) is 0.738. The Hall–Kier alpha value is -0.900. The third kappa shape index (κ3) is 4.30. The monoisotopic (exact) mass is 338 g/mol. The number of nitrogens with one attached hydrogen (secondary N) is 1. The molecule has 0 fully saturated rings. The summed E-state index contributed by atoms with van der Waals surface area (Å²) < 4.78 is 51.5. The molecule has 0 heterocycles. The Balaban J connectivity index is 3.20. The summed E-state index contributed by atoms with van der Waals surface area (Å²) in [5.41, 5.74) is 5.05. The van der Waals surface area contributed by atoms with Gasteiger partial charge in [-0.05, 0) is 19.1 Å². The number of rotatable bonds is 6. The first-order chi connectivity index (χ1) is 9.15. The van der Waals surface area contributed by atoms with Crippen LogP contribution in [0.25, 0.3) is 0 Å². The van der Waals surface area contributed by atoms with Crippen LogP contribution in [0.3, 0.4) is 0 Å². The number of sulfonamides is 1. The Morgan fingerprint density at radius 1 is 1.55 bits per heavy atom. The Kier molecular flexibility index (Phi) is 5.75. The van der Waals surface area contributed by atoms with Gasteiger partial charge in [0.15, 0.2) is 0 Å². The minimum absolute atomic E-state index is 0.150. The average Bonchev–Trinajstić information content (AvgIpc) is 2.25. The summed E-state index contributed by atoms with van der Waals surface area (Å²) in [5.74, 6) is -0.649. The highest BCUT2D eigenvalue weighted by molar-refractivity contribution is 7.90. The van der Waals surface area contributed by atoms with Gasteiger partial charge in [-0.15, -0.1) is 0 Å². The van der Waals surface area contributed by atoms with Crippen LogP contribution in [0.2, 0.25) is 0 Å². The maximum Gasteiger partial charge on any atom is 0.241 e. The van der Waals surface area contributed by atoms with Gasteiger partial charge >= 0.3 is 0 Å². The van der Waals surface area contributed by atoms with E-state index < -0.39 is 32.7 Å². The Bertz CT molecular complexity index is 646. The van der Waals surface area contributed by atoms with Crippen LogP contribution in [0, 0.1) is 5.82 Å². The molecule has 0 aromatic heterocycles. The van der Waals surface area contributed by atoms with Crippen molar-refractivity contribution < 1.29 is 17.0 Å². The van der Waals surface area contributed by atoms with Gasteiger partial charge < -0.3 is 5.73 Å². The molecule has 1 rings (SSSR count). The van der Waals surface area contributed by atoms with E-state index >= 15 is 0 Å². The number of halogens is 1. The minimum atomic E-state index is -4.00. The highest BCUT2D eigenvalue weighted by Crippen LogP contribution is 2.19. The van der Waals surface area contributed by atoms with E-state index in [0.717, 1.165) is 6.07 Å². The standard InChI is InChI=1S/C11H15FN2O3S3/c1-7(6-19(2)15)14-20(16,17)9-5-3-4-8(12)10(9)11(13)18/h3-5,7,14H,6H2,1-2H3,(H2,13,18). The lowest BCUT2D eigenvalue weighted by molar-refractivity contribution is 0.566. The smallest absolute Gasteiger partial charge is 0.241 e. The number of benzene rings is 1. The van der Waals surface area contributed by atoms with Crippen LogP contribution in [-0.4, -0.2) is 35.7 Å². The fourth-order valence-electron chi connectivity index (χ4n) is 1.68. The van der Waals surface area contributed by atoms with Crippen LogP contribution >= 0.6 is 12.2 Å². The molecule has 0 bridgehead atoms. The number of thiocarbonyl (C=S) groups is 1. The van der Waals surface area contributed by atoms with Crippen molar-refractivity contribution in [3.05, 3.63) is 29.6 Å². The fraction of sp³-hybridized carbons (Fsp3) is 0.364. The van der Waals surface area contributed by atoms with Crippen LogP contribution in [0.15, 0.2) is 23.1 Å². The van der Waals surface area contributed by atoms with Gasteiger partial charge in [0.2, 0.25) is 10.0 Å². The van der Waals surface area contributed by atoms with Crippen LogP contribution < -0.4 is 10.5 Å². The van der Waals surface area contributed by atoms with E-state index in [1.165, 1.54) is 18.4 Å². The molecule has 5 nitrogen and oxygen atoms in total. The van der Waals surface area contributed by atoms with Gasteiger partial charge in [-0.1, -0.05) is 18.3 Å². The SMILES string of the molecule is CC(CS(C)=O)NS(=O)(=O)c1cccc(F)c1C(N)=S. The Morgan fingerprint density at radius 2 is 2.15 bits per heavy atom. The number of hydrogen-bond acceptors (Lipinski definition) is 4. The molecule has 2 atom stereocenters. The zero-order chi connectivity index (χ0) is 15.5. The van der Waals surface area contributed by atoms with E-state index in [1.807, 2.05) is 0 Å². The van der Waals surface area contributed by atoms with E-state index in [9.17, 15) is 17.0 Å². The molecular formula is C11H15FN2O3S3. The molecule has 0 aliphatic carbocycles. The Morgan fingerprint density at radius 3 is 2.65 bits per heavy atom. The molecule has 3 N–H and O–H groups in total. The normalized spacial score (nSPS) is 14.8. The van der Waals surface area contributed by atoms with Gasteiger partial charge in [-0.3, -0.25) is 4.21 Å². The molecule has 0 saturated heterocycles. The highest BCUT2D eigenvalue weighted by Gasteiger charge is 2.24. The van der Waals surface area contributed by atoms with Crippen molar-refractivity contribution in [2.24, 2.45) is 5.73 Å². The average molecular weight is 338 g/mol. The first-order valence-corrected chi connectivity index (χ1v) is 9.17. The molecule has 1 aromatic carbocycles. The van der Waals surface area contributed by atoms with Crippen LogP contribution in [-0.2, 0) is 20.8 Å². The maximum absolute atomic E-state index is 13.7. The van der Waals surface area contributed by atoms with Crippen molar-refractivity contribution in [1.82, 2.24) is 4.72 Å². The number of nitrogens with two attached hydrogens (primary N) is 1. The third-order valence-corrected chi connectivity index (χ3v) is 5.16. The molecule has 0 aliphatic rings. The third-order valence-electron chi connectivity index (χ3n) is 2.35. The van der Waals surface area contributed by atoms with E-state index in [0.29, 0.717) is 0 Å². The van der Waals surface area contributed by atoms with Crippen molar-refractivity contribution in [3.8, 4) is 0 Å². The lowest BCUT2D eigenvalue weighted by Gasteiger charge is -2.15. The largest absolute Gasteiger partial charge is 0.389 e. The lowest BCUT2D eigenvalue weighted by Crippen LogP contribution is -2.37. The highest BCUT2D eigenvalue weighted by atomic mass is 32.2. The zero-order valence-corrected chi connectivity index (χ0v) is 13.4.